The zero-order valence-corrected chi connectivity index (χ0v) is 19.7. The van der Waals surface area contributed by atoms with Crippen molar-refractivity contribution >= 4 is 15.5 Å². The molecule has 3 aromatic rings. The van der Waals surface area contributed by atoms with Gasteiger partial charge in [-0.15, -0.1) is 0 Å². The molecule has 3 aromatic carbocycles. The van der Waals surface area contributed by atoms with Gasteiger partial charge in [-0.3, -0.25) is 0 Å². The van der Waals surface area contributed by atoms with Crippen LogP contribution in [0.1, 0.15) is 22.3 Å². The number of β-amino-alcohol motifs (C(OH)–C–C–N with tert-alkyl or cyclic N) is 1. The molecule has 180 valence electrons. The smallest absolute Gasteiger partial charge is 0.382 e. The quantitative estimate of drug-likeness (QED) is 0.547. The van der Waals surface area contributed by atoms with E-state index >= 15 is 0 Å². The average molecular weight is 490 g/mol. The molecule has 1 aliphatic rings. The molecule has 0 fully saturated rings. The van der Waals surface area contributed by atoms with E-state index in [0.717, 1.165) is 28.5 Å². The fourth-order valence-electron chi connectivity index (χ4n) is 4.80. The van der Waals surface area contributed by atoms with E-state index in [1.165, 1.54) is 6.07 Å². The number of sulfone groups is 1. The number of para-hydroxylation sites is 1. The van der Waals surface area contributed by atoms with Crippen molar-refractivity contribution in [1.29, 1.82) is 0 Å². The maximum absolute atomic E-state index is 13.2. The Kier molecular flexibility index (Phi) is 6.25. The Morgan fingerprint density at radius 1 is 1.03 bits per heavy atom. The van der Waals surface area contributed by atoms with Crippen LogP contribution in [0.15, 0.2) is 77.7 Å². The predicted molar refractivity (Wildman–Crippen MR) is 126 cm³/mol. The Balaban J connectivity index is 1.86. The second-order valence-electron chi connectivity index (χ2n) is 9.00. The lowest BCUT2D eigenvalue weighted by molar-refractivity contribution is -0.200. The molecule has 0 spiro atoms. The van der Waals surface area contributed by atoms with Crippen molar-refractivity contribution in [2.24, 2.45) is 0 Å². The summed E-state index contributed by atoms with van der Waals surface area (Å²) in [4.78, 5) is 1.77. The van der Waals surface area contributed by atoms with E-state index in [2.05, 4.69) is 0 Å². The third-order valence-corrected chi connectivity index (χ3v) is 7.51. The van der Waals surface area contributed by atoms with Crippen LogP contribution >= 0.6 is 0 Å². The predicted octanol–water partition coefficient (Wildman–Crippen LogP) is 4.67. The fourth-order valence-corrected chi connectivity index (χ4v) is 5.49. The molecular weight excluding hydrogens is 463 g/mol. The summed E-state index contributed by atoms with van der Waals surface area (Å²) in [6, 6.07) is 21.8. The summed E-state index contributed by atoms with van der Waals surface area (Å²) < 4.78 is 63.9. The molecule has 8 heteroatoms. The van der Waals surface area contributed by atoms with Crippen molar-refractivity contribution in [2.75, 3.05) is 24.2 Å². The number of aliphatic hydroxyl groups is 1. The number of nitrogens with zero attached hydrogens (tertiary/aromatic N) is 1. The topological polar surface area (TPSA) is 57.6 Å². The van der Waals surface area contributed by atoms with Crippen LogP contribution in [0.3, 0.4) is 0 Å². The molecular formula is C26H26F3NO3S. The number of hydrogen-bond donors (Lipinski definition) is 1. The maximum Gasteiger partial charge on any atom is 0.416 e. The lowest BCUT2D eigenvalue weighted by Crippen LogP contribution is -2.44. The van der Waals surface area contributed by atoms with Crippen LogP contribution < -0.4 is 4.90 Å². The summed E-state index contributed by atoms with van der Waals surface area (Å²) in [6.45, 7) is 1.58. The van der Waals surface area contributed by atoms with Gasteiger partial charge in [-0.1, -0.05) is 60.2 Å². The molecule has 1 aliphatic heterocycles. The molecule has 0 aliphatic carbocycles. The van der Waals surface area contributed by atoms with E-state index in [4.69, 9.17) is 0 Å². The largest absolute Gasteiger partial charge is 0.416 e. The van der Waals surface area contributed by atoms with Gasteiger partial charge in [0.25, 0.3) is 0 Å². The second-order valence-corrected chi connectivity index (χ2v) is 11.0. The molecule has 2 atom stereocenters. The van der Waals surface area contributed by atoms with Crippen molar-refractivity contribution in [3.05, 3.63) is 95.1 Å². The zero-order chi connectivity index (χ0) is 24.7. The minimum absolute atomic E-state index is 0.194. The highest BCUT2D eigenvalue weighted by Crippen LogP contribution is 2.47. The van der Waals surface area contributed by atoms with Gasteiger partial charge in [-0.2, -0.15) is 13.2 Å². The number of aliphatic hydroxyl groups excluding tert-OH is 1. The van der Waals surface area contributed by atoms with E-state index in [-0.39, 0.29) is 11.4 Å². The monoisotopic (exact) mass is 489 g/mol. The molecule has 34 heavy (non-hydrogen) atoms. The van der Waals surface area contributed by atoms with Crippen LogP contribution in [0.2, 0.25) is 0 Å². The molecule has 4 rings (SSSR count). The van der Waals surface area contributed by atoms with Crippen LogP contribution in [0.25, 0.3) is 0 Å². The number of fused-ring (bicyclic) bond motifs is 1. The summed E-state index contributed by atoms with van der Waals surface area (Å²) in [5, 5.41) is 9.84. The van der Waals surface area contributed by atoms with E-state index in [1.807, 2.05) is 49.4 Å². The average Bonchev–Trinajstić information content (AvgIpc) is 3.07. The summed E-state index contributed by atoms with van der Waals surface area (Å²) in [6.07, 6.45) is -5.68. The molecule has 0 bridgehead atoms. The van der Waals surface area contributed by atoms with Crippen LogP contribution in [0.5, 0.6) is 0 Å². The summed E-state index contributed by atoms with van der Waals surface area (Å²) in [7, 11) is -3.42. The van der Waals surface area contributed by atoms with Gasteiger partial charge in [0.1, 0.15) is 0 Å². The highest BCUT2D eigenvalue weighted by atomic mass is 32.2. The number of hydrogen-bond acceptors (Lipinski definition) is 4. The number of aryl methyl sites for hydroxylation is 1. The lowest BCUT2D eigenvalue weighted by Gasteiger charge is -2.33. The minimum Gasteiger partial charge on any atom is -0.382 e. The van der Waals surface area contributed by atoms with E-state index < -0.39 is 34.1 Å². The van der Waals surface area contributed by atoms with Crippen LogP contribution in [0, 0.1) is 6.92 Å². The van der Waals surface area contributed by atoms with Crippen molar-refractivity contribution in [2.45, 2.75) is 35.9 Å². The normalized spacial score (nSPS) is 19.2. The van der Waals surface area contributed by atoms with E-state index in [9.17, 15) is 26.7 Å². The van der Waals surface area contributed by atoms with Crippen molar-refractivity contribution in [1.82, 2.24) is 0 Å². The van der Waals surface area contributed by atoms with E-state index in [0.29, 0.717) is 12.1 Å². The van der Waals surface area contributed by atoms with Gasteiger partial charge < -0.3 is 10.0 Å². The van der Waals surface area contributed by atoms with Crippen molar-refractivity contribution in [3.63, 3.8) is 0 Å². The second kappa shape index (κ2) is 8.74. The first-order valence-corrected chi connectivity index (χ1v) is 12.7. The Morgan fingerprint density at radius 3 is 2.41 bits per heavy atom. The maximum atomic E-state index is 13.2. The van der Waals surface area contributed by atoms with Gasteiger partial charge >= 0.3 is 6.18 Å². The number of halogens is 3. The first-order valence-electron chi connectivity index (χ1n) is 10.9. The number of anilines is 1. The molecule has 0 radical (unpaired) electrons. The highest BCUT2D eigenvalue weighted by molar-refractivity contribution is 7.90. The molecule has 0 amide bonds. The van der Waals surface area contributed by atoms with Crippen molar-refractivity contribution < 1.29 is 26.7 Å². The Labute approximate surface area is 197 Å². The lowest BCUT2D eigenvalue weighted by atomic mass is 9.71. The summed E-state index contributed by atoms with van der Waals surface area (Å²) >= 11 is 0. The molecule has 1 N–H and O–H groups in total. The molecule has 0 saturated carbocycles. The van der Waals surface area contributed by atoms with Gasteiger partial charge in [0, 0.05) is 23.9 Å². The Bertz CT molecular complexity index is 1310. The summed E-state index contributed by atoms with van der Waals surface area (Å²) in [5.74, 6) is 0. The third kappa shape index (κ3) is 4.70. The minimum atomic E-state index is -4.73. The SMILES string of the molecule is Cc1cccc(C2(Cc3cccc(S(C)(=O)=O)c3)CN(C[C@@H](O)C(F)(F)F)c3ccccc32)c1. The fraction of sp³-hybridized carbons (Fsp3) is 0.308. The van der Waals surface area contributed by atoms with Gasteiger partial charge in [0.2, 0.25) is 0 Å². The van der Waals surface area contributed by atoms with Crippen LogP contribution in [0.4, 0.5) is 18.9 Å². The highest BCUT2D eigenvalue weighted by Gasteiger charge is 2.47. The van der Waals surface area contributed by atoms with Crippen LogP contribution in [-0.2, 0) is 21.7 Å². The first kappa shape index (κ1) is 24.3. The molecule has 1 heterocycles. The number of alkyl halides is 3. The van der Waals surface area contributed by atoms with Gasteiger partial charge in [-0.05, 0) is 48.2 Å². The molecule has 0 saturated heterocycles. The Hall–Kier alpha value is -2.84. The molecule has 1 unspecified atom stereocenters. The molecule has 0 aromatic heterocycles. The van der Waals surface area contributed by atoms with E-state index in [1.54, 1.807) is 29.2 Å². The number of benzene rings is 3. The van der Waals surface area contributed by atoms with Gasteiger partial charge in [0.05, 0.1) is 11.4 Å². The zero-order valence-electron chi connectivity index (χ0n) is 18.9. The van der Waals surface area contributed by atoms with Gasteiger partial charge in [-0.25, -0.2) is 8.42 Å². The first-order chi connectivity index (χ1) is 15.9. The number of rotatable bonds is 6. The van der Waals surface area contributed by atoms with Crippen LogP contribution in [-0.4, -0.2) is 45.1 Å². The van der Waals surface area contributed by atoms with Crippen molar-refractivity contribution in [3.8, 4) is 0 Å². The Morgan fingerprint density at radius 2 is 1.74 bits per heavy atom. The van der Waals surface area contributed by atoms with Gasteiger partial charge in [0.15, 0.2) is 15.9 Å². The molecule has 4 nitrogen and oxygen atoms in total. The third-order valence-electron chi connectivity index (χ3n) is 6.40. The summed E-state index contributed by atoms with van der Waals surface area (Å²) in [5.41, 5.74) is 3.44. The standard InChI is InChI=1S/C26H26F3NO3S/c1-18-7-5-9-20(13-18)25(15-19-8-6-10-21(14-19)34(2,32)33)17-30(16-24(31)26(27,28)29)23-12-4-3-11-22(23)25/h3-14,24,31H,15-17H2,1-2H3/t24-,25?/m1/s1.